The standard InChI is InChI=1S/C17H28FNO/c1-6-17(7-2,20-5)16(19-8-3)12-14-9-10-15(18)11-13(14)4/h9-11,16,19H,6-8,12H2,1-5H3. The molecule has 1 aromatic carbocycles. The van der Waals surface area contributed by atoms with Crippen LogP contribution in [0.15, 0.2) is 18.2 Å². The quantitative estimate of drug-likeness (QED) is 0.781. The molecular weight excluding hydrogens is 253 g/mol. The zero-order valence-corrected chi connectivity index (χ0v) is 13.4. The monoisotopic (exact) mass is 281 g/mol. The number of methoxy groups -OCH3 is 1. The summed E-state index contributed by atoms with van der Waals surface area (Å²) in [5.41, 5.74) is 2.02. The lowest BCUT2D eigenvalue weighted by Gasteiger charge is -2.39. The smallest absolute Gasteiger partial charge is 0.123 e. The van der Waals surface area contributed by atoms with Gasteiger partial charge in [0.05, 0.1) is 5.60 Å². The Labute approximate surface area is 122 Å². The molecule has 0 saturated heterocycles. The van der Waals surface area contributed by atoms with Crippen molar-refractivity contribution in [2.45, 2.75) is 58.6 Å². The molecule has 0 spiro atoms. The van der Waals surface area contributed by atoms with Gasteiger partial charge >= 0.3 is 0 Å². The van der Waals surface area contributed by atoms with E-state index in [2.05, 4.69) is 26.1 Å². The second kappa shape index (κ2) is 7.75. The van der Waals surface area contributed by atoms with Crippen molar-refractivity contribution in [3.05, 3.63) is 35.1 Å². The molecule has 0 aliphatic heterocycles. The fraction of sp³-hybridized carbons (Fsp3) is 0.647. The molecule has 0 bridgehead atoms. The van der Waals surface area contributed by atoms with Gasteiger partial charge in [-0.2, -0.15) is 0 Å². The number of aryl methyl sites for hydroxylation is 1. The van der Waals surface area contributed by atoms with E-state index in [4.69, 9.17) is 4.74 Å². The van der Waals surface area contributed by atoms with Gasteiger partial charge in [-0.3, -0.25) is 0 Å². The fourth-order valence-corrected chi connectivity index (χ4v) is 2.97. The second-order valence-electron chi connectivity index (χ2n) is 5.36. The summed E-state index contributed by atoms with van der Waals surface area (Å²) in [5, 5.41) is 3.55. The minimum absolute atomic E-state index is 0.170. The molecule has 1 atom stereocenters. The van der Waals surface area contributed by atoms with E-state index >= 15 is 0 Å². The predicted molar refractivity (Wildman–Crippen MR) is 82.6 cm³/mol. The van der Waals surface area contributed by atoms with Crippen LogP contribution in [0.5, 0.6) is 0 Å². The van der Waals surface area contributed by atoms with E-state index in [1.54, 1.807) is 13.2 Å². The summed E-state index contributed by atoms with van der Waals surface area (Å²) in [7, 11) is 1.79. The Balaban J connectivity index is 3.02. The number of hydrogen-bond donors (Lipinski definition) is 1. The maximum Gasteiger partial charge on any atom is 0.123 e. The highest BCUT2D eigenvalue weighted by atomic mass is 19.1. The molecule has 0 aliphatic rings. The van der Waals surface area contributed by atoms with E-state index in [-0.39, 0.29) is 17.5 Å². The lowest BCUT2D eigenvalue weighted by atomic mass is 9.83. The zero-order valence-electron chi connectivity index (χ0n) is 13.4. The Morgan fingerprint density at radius 3 is 2.35 bits per heavy atom. The summed E-state index contributed by atoms with van der Waals surface area (Å²) in [6, 6.07) is 5.26. The molecule has 0 saturated carbocycles. The number of hydrogen-bond acceptors (Lipinski definition) is 2. The van der Waals surface area contributed by atoms with Crippen molar-refractivity contribution in [1.29, 1.82) is 0 Å². The number of halogens is 1. The fourth-order valence-electron chi connectivity index (χ4n) is 2.97. The van der Waals surface area contributed by atoms with Crippen LogP contribution in [0.3, 0.4) is 0 Å². The van der Waals surface area contributed by atoms with Crippen LogP contribution in [0.25, 0.3) is 0 Å². The number of nitrogens with one attached hydrogen (secondary N) is 1. The van der Waals surface area contributed by atoms with Crippen LogP contribution in [0.1, 0.15) is 44.7 Å². The summed E-state index contributed by atoms with van der Waals surface area (Å²) in [4.78, 5) is 0. The lowest BCUT2D eigenvalue weighted by molar-refractivity contribution is -0.0468. The molecule has 0 aromatic heterocycles. The first-order valence-corrected chi connectivity index (χ1v) is 7.56. The van der Waals surface area contributed by atoms with Crippen molar-refractivity contribution in [1.82, 2.24) is 5.32 Å². The van der Waals surface area contributed by atoms with Crippen LogP contribution < -0.4 is 5.32 Å². The van der Waals surface area contributed by atoms with Crippen molar-refractivity contribution < 1.29 is 9.13 Å². The molecular formula is C17H28FNO. The Bertz CT molecular complexity index is 407. The van der Waals surface area contributed by atoms with Crippen LogP contribution in [0.4, 0.5) is 4.39 Å². The van der Waals surface area contributed by atoms with Gasteiger partial charge in [-0.1, -0.05) is 26.8 Å². The summed E-state index contributed by atoms with van der Waals surface area (Å²) >= 11 is 0. The topological polar surface area (TPSA) is 21.3 Å². The van der Waals surface area contributed by atoms with E-state index in [0.29, 0.717) is 0 Å². The first-order chi connectivity index (χ1) is 9.52. The predicted octanol–water partition coefficient (Wildman–Crippen LogP) is 3.86. The van der Waals surface area contributed by atoms with Crippen LogP contribution in [-0.4, -0.2) is 25.3 Å². The van der Waals surface area contributed by atoms with Gasteiger partial charge in [0.2, 0.25) is 0 Å². The molecule has 1 unspecified atom stereocenters. The summed E-state index contributed by atoms with van der Waals surface area (Å²) in [6.45, 7) is 9.30. The van der Waals surface area contributed by atoms with Crippen molar-refractivity contribution in [3.63, 3.8) is 0 Å². The third kappa shape index (κ3) is 3.80. The molecule has 0 radical (unpaired) electrons. The third-order valence-electron chi connectivity index (χ3n) is 4.42. The molecule has 114 valence electrons. The molecule has 0 heterocycles. The first-order valence-electron chi connectivity index (χ1n) is 7.56. The van der Waals surface area contributed by atoms with E-state index in [1.165, 1.54) is 11.6 Å². The van der Waals surface area contributed by atoms with Crippen molar-refractivity contribution in [2.24, 2.45) is 0 Å². The highest BCUT2D eigenvalue weighted by molar-refractivity contribution is 5.28. The van der Waals surface area contributed by atoms with Crippen molar-refractivity contribution >= 4 is 0 Å². The molecule has 1 N–H and O–H groups in total. The summed E-state index contributed by atoms with van der Waals surface area (Å²) in [5.74, 6) is -0.171. The molecule has 20 heavy (non-hydrogen) atoms. The average molecular weight is 281 g/mol. The van der Waals surface area contributed by atoms with Crippen molar-refractivity contribution in [2.75, 3.05) is 13.7 Å². The maximum absolute atomic E-state index is 13.2. The van der Waals surface area contributed by atoms with Crippen LogP contribution in [0, 0.1) is 12.7 Å². The molecule has 0 fully saturated rings. The normalized spacial score (nSPS) is 13.5. The Morgan fingerprint density at radius 2 is 1.90 bits per heavy atom. The largest absolute Gasteiger partial charge is 0.377 e. The molecule has 3 heteroatoms. The van der Waals surface area contributed by atoms with Gasteiger partial charge in [0.15, 0.2) is 0 Å². The second-order valence-corrected chi connectivity index (χ2v) is 5.36. The van der Waals surface area contributed by atoms with Gasteiger partial charge in [-0.15, -0.1) is 0 Å². The Kier molecular flexibility index (Phi) is 6.63. The highest BCUT2D eigenvalue weighted by Crippen LogP contribution is 2.27. The molecule has 2 nitrogen and oxygen atoms in total. The molecule has 1 aromatic rings. The summed E-state index contributed by atoms with van der Waals surface area (Å²) in [6.07, 6.45) is 2.77. The SMILES string of the molecule is CCNC(Cc1ccc(F)cc1C)C(CC)(CC)OC. The van der Waals surface area contributed by atoms with E-state index < -0.39 is 0 Å². The van der Waals surface area contributed by atoms with Crippen molar-refractivity contribution in [3.8, 4) is 0 Å². The Hall–Kier alpha value is -0.930. The highest BCUT2D eigenvalue weighted by Gasteiger charge is 2.35. The third-order valence-corrected chi connectivity index (χ3v) is 4.42. The van der Waals surface area contributed by atoms with E-state index in [9.17, 15) is 4.39 Å². The van der Waals surface area contributed by atoms with Gasteiger partial charge in [0, 0.05) is 13.2 Å². The van der Waals surface area contributed by atoms with Crippen LogP contribution in [0.2, 0.25) is 0 Å². The molecule has 0 amide bonds. The maximum atomic E-state index is 13.2. The Morgan fingerprint density at radius 1 is 1.25 bits per heavy atom. The number of likely N-dealkylation sites (N-methyl/N-ethyl adjacent to an activating group) is 1. The first kappa shape index (κ1) is 17.1. The molecule has 0 aliphatic carbocycles. The molecule has 1 rings (SSSR count). The zero-order chi connectivity index (χ0) is 15.2. The lowest BCUT2D eigenvalue weighted by Crippen LogP contribution is -2.52. The van der Waals surface area contributed by atoms with Gasteiger partial charge in [-0.25, -0.2) is 4.39 Å². The number of benzene rings is 1. The van der Waals surface area contributed by atoms with Gasteiger partial charge < -0.3 is 10.1 Å². The van der Waals surface area contributed by atoms with E-state index in [0.717, 1.165) is 31.4 Å². The van der Waals surface area contributed by atoms with Crippen LogP contribution in [-0.2, 0) is 11.2 Å². The van der Waals surface area contributed by atoms with Gasteiger partial charge in [0.1, 0.15) is 5.82 Å². The van der Waals surface area contributed by atoms with Crippen LogP contribution >= 0.6 is 0 Å². The minimum Gasteiger partial charge on any atom is -0.377 e. The number of ether oxygens (including phenoxy) is 1. The summed E-state index contributed by atoms with van der Waals surface area (Å²) < 4.78 is 19.1. The van der Waals surface area contributed by atoms with E-state index in [1.807, 2.05) is 13.0 Å². The number of rotatable bonds is 8. The minimum atomic E-state index is -0.171. The van der Waals surface area contributed by atoms with Gasteiger partial charge in [0.25, 0.3) is 0 Å². The average Bonchev–Trinajstić information content (AvgIpc) is 2.44. The van der Waals surface area contributed by atoms with Gasteiger partial charge in [-0.05, 0) is 56.0 Å².